The van der Waals surface area contributed by atoms with Gasteiger partial charge in [-0.05, 0) is 115 Å². The molecule has 13 rings (SSSR count). The lowest BCUT2D eigenvalue weighted by Gasteiger charge is -2.34. The molecular weight excluding hydrogens is 827 g/mol. The molecule has 0 amide bonds. The molecule has 12 aromatic rings. The van der Waals surface area contributed by atoms with Crippen LogP contribution < -0.4 is 4.90 Å². The lowest BCUT2D eigenvalue weighted by atomic mass is 9.68. The molecule has 0 fully saturated rings. The predicted octanol–water partition coefficient (Wildman–Crippen LogP) is 18.0. The van der Waals surface area contributed by atoms with Crippen molar-refractivity contribution in [2.75, 3.05) is 4.90 Å². The second kappa shape index (κ2) is 16.0. The van der Waals surface area contributed by atoms with Gasteiger partial charge in [0, 0.05) is 37.0 Å². The topological polar surface area (TPSA) is 3.24 Å². The highest BCUT2D eigenvalue weighted by atomic mass is 32.1. The highest BCUT2D eigenvalue weighted by Gasteiger charge is 2.47. The summed E-state index contributed by atoms with van der Waals surface area (Å²) in [7, 11) is 0. The van der Waals surface area contributed by atoms with Gasteiger partial charge in [-0.25, -0.2) is 0 Å². The second-order valence-corrected chi connectivity index (χ2v) is 18.7. The SMILES string of the molecule is c1ccc(C2(c3ccccc3)c3ccccc3-c3c(N(c4ccc(-c5cccc(-c6ccc7ccccc7c6)c5)cc4)c4ccccc4-c4ccc5c(c4)sc4ccccc45)cccc32)cc1. The fraction of sp³-hybridized carbons (Fsp3) is 0.0154. The second-order valence-electron chi connectivity index (χ2n) is 17.6. The van der Waals surface area contributed by atoms with Crippen molar-refractivity contribution in [3.05, 3.63) is 283 Å². The third-order valence-corrected chi connectivity index (χ3v) is 15.1. The molecule has 1 nitrogen and oxygen atoms in total. The Hall–Kier alpha value is -8.30. The van der Waals surface area contributed by atoms with Gasteiger partial charge in [0.15, 0.2) is 0 Å². The maximum Gasteiger partial charge on any atom is 0.0714 e. The van der Waals surface area contributed by atoms with Crippen LogP contribution >= 0.6 is 11.3 Å². The van der Waals surface area contributed by atoms with Gasteiger partial charge >= 0.3 is 0 Å². The summed E-state index contributed by atoms with van der Waals surface area (Å²) in [6.45, 7) is 0. The fourth-order valence-electron chi connectivity index (χ4n) is 10.9. The van der Waals surface area contributed by atoms with E-state index in [-0.39, 0.29) is 0 Å². The third kappa shape index (κ3) is 6.37. The maximum absolute atomic E-state index is 2.52. The first-order valence-electron chi connectivity index (χ1n) is 23.1. The van der Waals surface area contributed by atoms with E-state index in [1.807, 2.05) is 11.3 Å². The van der Waals surface area contributed by atoms with Crippen molar-refractivity contribution in [3.8, 4) is 44.5 Å². The minimum atomic E-state index is -0.526. The molecule has 0 aliphatic heterocycles. The van der Waals surface area contributed by atoms with Gasteiger partial charge < -0.3 is 4.90 Å². The molecule has 11 aromatic carbocycles. The molecule has 1 heterocycles. The van der Waals surface area contributed by atoms with Crippen LogP contribution in [0, 0.1) is 0 Å². The van der Waals surface area contributed by atoms with E-state index in [0.29, 0.717) is 0 Å². The van der Waals surface area contributed by atoms with E-state index in [9.17, 15) is 0 Å². The average molecular weight is 870 g/mol. The lowest BCUT2D eigenvalue weighted by molar-refractivity contribution is 0.768. The predicted molar refractivity (Wildman–Crippen MR) is 285 cm³/mol. The average Bonchev–Trinajstić information content (AvgIpc) is 3.93. The van der Waals surface area contributed by atoms with Crippen molar-refractivity contribution in [2.45, 2.75) is 5.41 Å². The Morgan fingerprint density at radius 3 is 1.69 bits per heavy atom. The number of fused-ring (bicyclic) bond motifs is 7. The Labute approximate surface area is 395 Å². The Balaban J connectivity index is 1.02. The van der Waals surface area contributed by atoms with Crippen LogP contribution in [0.15, 0.2) is 261 Å². The first kappa shape index (κ1) is 39.1. The molecule has 1 aromatic heterocycles. The lowest BCUT2D eigenvalue weighted by Crippen LogP contribution is -2.28. The number of thiophene rings is 1. The van der Waals surface area contributed by atoms with E-state index >= 15 is 0 Å². The number of benzene rings is 11. The summed E-state index contributed by atoms with van der Waals surface area (Å²) < 4.78 is 2.60. The molecule has 1 aliphatic rings. The minimum absolute atomic E-state index is 0.526. The Morgan fingerprint density at radius 1 is 0.313 bits per heavy atom. The summed E-state index contributed by atoms with van der Waals surface area (Å²) in [5.74, 6) is 0. The van der Waals surface area contributed by atoms with Crippen molar-refractivity contribution in [3.63, 3.8) is 0 Å². The van der Waals surface area contributed by atoms with Gasteiger partial charge in [-0.1, -0.05) is 212 Å². The number of anilines is 3. The minimum Gasteiger partial charge on any atom is -0.309 e. The van der Waals surface area contributed by atoms with Gasteiger partial charge in [-0.2, -0.15) is 0 Å². The molecule has 0 unspecified atom stereocenters. The van der Waals surface area contributed by atoms with Gasteiger partial charge in [0.1, 0.15) is 0 Å². The van der Waals surface area contributed by atoms with Crippen LogP contribution in [-0.2, 0) is 5.41 Å². The summed E-state index contributed by atoms with van der Waals surface area (Å²) in [5.41, 5.74) is 17.5. The van der Waals surface area contributed by atoms with Crippen molar-refractivity contribution in [1.82, 2.24) is 0 Å². The molecule has 0 spiro atoms. The standard InChI is InChI=1S/C65H43NS/c1-3-21-51(22-4-1)65(52-23-5-2-6-24-52)58-28-12-9-27-57(58)64-59(65)29-16-31-61(64)66(60-30-13-10-25-54(60)50-37-40-56-55-26-11-14-32-62(55)67-63(56)43-50)53-38-35-45(36-39-53)47-19-15-20-48(41-47)49-34-33-44-17-7-8-18-46(44)42-49/h1-43H. The van der Waals surface area contributed by atoms with Crippen LogP contribution in [0.4, 0.5) is 17.1 Å². The number of hydrogen-bond acceptors (Lipinski definition) is 2. The van der Waals surface area contributed by atoms with Crippen molar-refractivity contribution in [1.29, 1.82) is 0 Å². The molecule has 0 N–H and O–H groups in total. The van der Waals surface area contributed by atoms with Crippen LogP contribution in [0.25, 0.3) is 75.5 Å². The van der Waals surface area contributed by atoms with E-state index in [1.165, 1.54) is 97.7 Å². The zero-order valence-electron chi connectivity index (χ0n) is 36.7. The van der Waals surface area contributed by atoms with E-state index < -0.39 is 5.41 Å². The quantitative estimate of drug-likeness (QED) is 0.147. The normalized spacial score (nSPS) is 12.6. The first-order valence-corrected chi connectivity index (χ1v) is 23.9. The van der Waals surface area contributed by atoms with Crippen molar-refractivity contribution >= 4 is 59.3 Å². The molecule has 1 aliphatic carbocycles. The molecule has 0 atom stereocenters. The summed E-state index contributed by atoms with van der Waals surface area (Å²) in [6, 6.07) is 96.4. The highest BCUT2D eigenvalue weighted by Crippen LogP contribution is 2.60. The number of rotatable bonds is 8. The summed E-state index contributed by atoms with van der Waals surface area (Å²) in [5, 5.41) is 5.11. The number of hydrogen-bond donors (Lipinski definition) is 0. The van der Waals surface area contributed by atoms with E-state index in [1.54, 1.807) is 0 Å². The summed E-state index contributed by atoms with van der Waals surface area (Å²) in [4.78, 5) is 2.52. The van der Waals surface area contributed by atoms with Gasteiger partial charge in [0.05, 0.1) is 16.8 Å². The Morgan fingerprint density at radius 2 is 0.881 bits per heavy atom. The van der Waals surface area contributed by atoms with Crippen LogP contribution in [-0.4, -0.2) is 0 Å². The van der Waals surface area contributed by atoms with Crippen molar-refractivity contribution < 1.29 is 0 Å². The van der Waals surface area contributed by atoms with Gasteiger partial charge in [-0.3, -0.25) is 0 Å². The molecule has 314 valence electrons. The van der Waals surface area contributed by atoms with Gasteiger partial charge in [0.2, 0.25) is 0 Å². The van der Waals surface area contributed by atoms with Gasteiger partial charge in [-0.15, -0.1) is 11.3 Å². The summed E-state index contributed by atoms with van der Waals surface area (Å²) >= 11 is 1.87. The summed E-state index contributed by atoms with van der Waals surface area (Å²) in [6.07, 6.45) is 0. The van der Waals surface area contributed by atoms with E-state index in [4.69, 9.17) is 0 Å². The zero-order chi connectivity index (χ0) is 44.3. The third-order valence-electron chi connectivity index (χ3n) is 13.9. The smallest absolute Gasteiger partial charge is 0.0714 e. The Bertz CT molecular complexity index is 3770. The van der Waals surface area contributed by atoms with Crippen LogP contribution in [0.5, 0.6) is 0 Å². The molecule has 0 saturated carbocycles. The van der Waals surface area contributed by atoms with Crippen molar-refractivity contribution in [2.24, 2.45) is 0 Å². The fourth-order valence-corrected chi connectivity index (χ4v) is 12.1. The van der Waals surface area contributed by atoms with Crippen LogP contribution in [0.1, 0.15) is 22.3 Å². The van der Waals surface area contributed by atoms with Crippen LogP contribution in [0.3, 0.4) is 0 Å². The zero-order valence-corrected chi connectivity index (χ0v) is 37.5. The van der Waals surface area contributed by atoms with Gasteiger partial charge in [0.25, 0.3) is 0 Å². The number of nitrogens with zero attached hydrogens (tertiary/aromatic N) is 1. The maximum atomic E-state index is 2.52. The van der Waals surface area contributed by atoms with E-state index in [0.717, 1.165) is 17.1 Å². The molecule has 67 heavy (non-hydrogen) atoms. The number of para-hydroxylation sites is 1. The molecule has 0 bridgehead atoms. The Kier molecular flexibility index (Phi) is 9.33. The molecule has 0 saturated heterocycles. The monoisotopic (exact) mass is 869 g/mol. The highest BCUT2D eigenvalue weighted by molar-refractivity contribution is 7.25. The molecule has 0 radical (unpaired) electrons. The molecular formula is C65H43NS. The first-order chi connectivity index (χ1) is 33.2. The largest absolute Gasteiger partial charge is 0.309 e. The molecule has 2 heteroatoms. The van der Waals surface area contributed by atoms with E-state index in [2.05, 4.69) is 266 Å². The van der Waals surface area contributed by atoms with Crippen LogP contribution in [0.2, 0.25) is 0 Å².